The summed E-state index contributed by atoms with van der Waals surface area (Å²) in [5, 5.41) is 1.39. The highest BCUT2D eigenvalue weighted by molar-refractivity contribution is 9.10. The Balaban J connectivity index is 2.22. The molecule has 2 aromatic carbocycles. The van der Waals surface area contributed by atoms with Crippen LogP contribution in [0.4, 0.5) is 0 Å². The molecule has 0 saturated heterocycles. The van der Waals surface area contributed by atoms with E-state index in [4.69, 9.17) is 28.9 Å². The summed E-state index contributed by atoms with van der Waals surface area (Å²) in [5.41, 5.74) is 7.04. The van der Waals surface area contributed by atoms with Crippen molar-refractivity contribution in [3.05, 3.63) is 56.5 Å². The summed E-state index contributed by atoms with van der Waals surface area (Å²) < 4.78 is 1.07. The maximum absolute atomic E-state index is 6.18. The fraction of sp³-hybridized carbons (Fsp3) is 0.200. The standard InChI is InChI=1S/C15H14BrCl2NS/c1-9(19)6-10-2-4-12(8-13(10)16)20-15-7-11(17)3-5-14(15)18/h2-5,7-9H,6,19H2,1H3. The van der Waals surface area contributed by atoms with E-state index < -0.39 is 0 Å². The third-order valence-corrected chi connectivity index (χ3v) is 5.15. The van der Waals surface area contributed by atoms with Gasteiger partial charge in [0.25, 0.3) is 0 Å². The molecule has 2 rings (SSSR count). The van der Waals surface area contributed by atoms with Gasteiger partial charge in [-0.3, -0.25) is 0 Å². The second-order valence-electron chi connectivity index (χ2n) is 4.61. The molecule has 106 valence electrons. The molecular weight excluding hydrogens is 377 g/mol. The minimum Gasteiger partial charge on any atom is -0.328 e. The molecule has 0 bridgehead atoms. The number of hydrogen-bond acceptors (Lipinski definition) is 2. The van der Waals surface area contributed by atoms with E-state index in [-0.39, 0.29) is 6.04 Å². The van der Waals surface area contributed by atoms with Crippen LogP contribution in [0.25, 0.3) is 0 Å². The number of nitrogens with two attached hydrogens (primary N) is 1. The van der Waals surface area contributed by atoms with Crippen molar-refractivity contribution in [1.82, 2.24) is 0 Å². The molecule has 0 aromatic heterocycles. The Morgan fingerprint density at radius 2 is 1.95 bits per heavy atom. The molecule has 0 aliphatic heterocycles. The fourth-order valence-corrected chi connectivity index (χ4v) is 3.87. The Hall–Kier alpha value is -0.190. The SMILES string of the molecule is CC(N)Cc1ccc(Sc2cc(Cl)ccc2Cl)cc1Br. The number of hydrogen-bond donors (Lipinski definition) is 1. The van der Waals surface area contributed by atoms with Crippen molar-refractivity contribution in [2.24, 2.45) is 5.73 Å². The molecule has 1 nitrogen and oxygen atoms in total. The monoisotopic (exact) mass is 389 g/mol. The molecule has 0 aliphatic rings. The second-order valence-corrected chi connectivity index (χ2v) is 7.42. The first-order chi connectivity index (χ1) is 9.45. The van der Waals surface area contributed by atoms with Crippen LogP contribution >= 0.6 is 50.9 Å². The van der Waals surface area contributed by atoms with Gasteiger partial charge in [-0.25, -0.2) is 0 Å². The van der Waals surface area contributed by atoms with Crippen molar-refractivity contribution in [1.29, 1.82) is 0 Å². The maximum Gasteiger partial charge on any atom is 0.0546 e. The average molecular weight is 391 g/mol. The molecule has 0 spiro atoms. The summed E-state index contributed by atoms with van der Waals surface area (Å²) in [5.74, 6) is 0. The van der Waals surface area contributed by atoms with Crippen LogP contribution < -0.4 is 5.73 Å². The predicted octanol–water partition coefficient (Wildman–Crippen LogP) is 5.80. The molecule has 5 heteroatoms. The third-order valence-electron chi connectivity index (χ3n) is 2.69. The van der Waals surface area contributed by atoms with E-state index in [0.29, 0.717) is 10.0 Å². The maximum atomic E-state index is 6.18. The molecule has 1 unspecified atom stereocenters. The quantitative estimate of drug-likeness (QED) is 0.713. The minimum atomic E-state index is 0.146. The highest BCUT2D eigenvalue weighted by Gasteiger charge is 2.07. The fourth-order valence-electron chi connectivity index (χ4n) is 1.79. The molecule has 0 aliphatic carbocycles. The molecule has 2 N–H and O–H groups in total. The predicted molar refractivity (Wildman–Crippen MR) is 92.1 cm³/mol. The molecule has 20 heavy (non-hydrogen) atoms. The van der Waals surface area contributed by atoms with E-state index in [1.165, 1.54) is 5.56 Å². The Morgan fingerprint density at radius 1 is 1.20 bits per heavy atom. The van der Waals surface area contributed by atoms with Gasteiger partial charge in [0.2, 0.25) is 0 Å². The molecule has 0 fully saturated rings. The van der Waals surface area contributed by atoms with E-state index in [2.05, 4.69) is 34.1 Å². The van der Waals surface area contributed by atoms with Gasteiger partial charge in [0.05, 0.1) is 5.02 Å². The van der Waals surface area contributed by atoms with Gasteiger partial charge in [0, 0.05) is 25.3 Å². The lowest BCUT2D eigenvalue weighted by Crippen LogP contribution is -2.17. The normalized spacial score (nSPS) is 12.4. The lowest BCUT2D eigenvalue weighted by molar-refractivity contribution is 0.735. The summed E-state index contributed by atoms with van der Waals surface area (Å²) in [6, 6.07) is 11.9. The van der Waals surface area contributed by atoms with E-state index in [0.717, 1.165) is 20.7 Å². The van der Waals surface area contributed by atoms with Gasteiger partial charge in [0.1, 0.15) is 0 Å². The van der Waals surface area contributed by atoms with Gasteiger partial charge in [-0.1, -0.05) is 57.0 Å². The smallest absolute Gasteiger partial charge is 0.0546 e. The molecule has 0 saturated carbocycles. The summed E-state index contributed by atoms with van der Waals surface area (Å²) in [6.07, 6.45) is 0.851. The first-order valence-electron chi connectivity index (χ1n) is 6.12. The van der Waals surface area contributed by atoms with Crippen molar-refractivity contribution < 1.29 is 0 Å². The molecule has 0 heterocycles. The largest absolute Gasteiger partial charge is 0.328 e. The zero-order valence-corrected chi connectivity index (χ0v) is 14.8. The first kappa shape index (κ1) is 16.2. The summed E-state index contributed by atoms with van der Waals surface area (Å²) >= 11 is 17.4. The minimum absolute atomic E-state index is 0.146. The Bertz CT molecular complexity index is 617. The highest BCUT2D eigenvalue weighted by atomic mass is 79.9. The van der Waals surface area contributed by atoms with Gasteiger partial charge in [-0.05, 0) is 49.2 Å². The lowest BCUT2D eigenvalue weighted by atomic mass is 10.1. The van der Waals surface area contributed by atoms with Crippen molar-refractivity contribution in [3.63, 3.8) is 0 Å². The molecule has 0 radical (unpaired) electrons. The topological polar surface area (TPSA) is 26.0 Å². The number of rotatable bonds is 4. The van der Waals surface area contributed by atoms with Crippen LogP contribution in [-0.2, 0) is 6.42 Å². The summed E-state index contributed by atoms with van der Waals surface area (Å²) in [4.78, 5) is 2.06. The average Bonchev–Trinajstić information content (AvgIpc) is 2.37. The summed E-state index contributed by atoms with van der Waals surface area (Å²) in [6.45, 7) is 2.00. The zero-order chi connectivity index (χ0) is 14.7. The first-order valence-corrected chi connectivity index (χ1v) is 8.49. The van der Waals surface area contributed by atoms with Crippen LogP contribution in [0.3, 0.4) is 0 Å². The number of halogens is 3. The van der Waals surface area contributed by atoms with Gasteiger partial charge in [-0.15, -0.1) is 0 Å². The Labute approximate surface area is 142 Å². The van der Waals surface area contributed by atoms with Gasteiger partial charge in [0.15, 0.2) is 0 Å². The van der Waals surface area contributed by atoms with E-state index in [1.807, 2.05) is 19.1 Å². The third kappa shape index (κ3) is 4.40. The zero-order valence-electron chi connectivity index (χ0n) is 10.9. The molecule has 0 amide bonds. The lowest BCUT2D eigenvalue weighted by Gasteiger charge is -2.10. The van der Waals surface area contributed by atoms with Gasteiger partial charge < -0.3 is 5.73 Å². The van der Waals surface area contributed by atoms with E-state index in [1.54, 1.807) is 17.8 Å². The Kier molecular flexibility index (Phi) is 5.82. The highest BCUT2D eigenvalue weighted by Crippen LogP contribution is 2.36. The van der Waals surface area contributed by atoms with Crippen molar-refractivity contribution in [3.8, 4) is 0 Å². The van der Waals surface area contributed by atoms with Crippen LogP contribution in [0.1, 0.15) is 12.5 Å². The second kappa shape index (κ2) is 7.19. The summed E-state index contributed by atoms with van der Waals surface area (Å²) in [7, 11) is 0. The van der Waals surface area contributed by atoms with Crippen LogP contribution in [0.2, 0.25) is 10.0 Å². The molecule has 1 atom stereocenters. The van der Waals surface area contributed by atoms with Crippen molar-refractivity contribution in [2.45, 2.75) is 29.2 Å². The number of benzene rings is 2. The molecular formula is C15H14BrCl2NS. The van der Waals surface area contributed by atoms with Gasteiger partial charge in [-0.2, -0.15) is 0 Å². The van der Waals surface area contributed by atoms with Crippen LogP contribution in [0.5, 0.6) is 0 Å². The molecule has 2 aromatic rings. The van der Waals surface area contributed by atoms with E-state index in [9.17, 15) is 0 Å². The van der Waals surface area contributed by atoms with Crippen molar-refractivity contribution in [2.75, 3.05) is 0 Å². The van der Waals surface area contributed by atoms with Crippen LogP contribution in [0.15, 0.2) is 50.7 Å². The van der Waals surface area contributed by atoms with Crippen LogP contribution in [0, 0.1) is 0 Å². The Morgan fingerprint density at radius 3 is 2.60 bits per heavy atom. The van der Waals surface area contributed by atoms with E-state index >= 15 is 0 Å². The van der Waals surface area contributed by atoms with Gasteiger partial charge >= 0.3 is 0 Å². The van der Waals surface area contributed by atoms with Crippen LogP contribution in [-0.4, -0.2) is 6.04 Å². The van der Waals surface area contributed by atoms with Crippen molar-refractivity contribution >= 4 is 50.9 Å².